The van der Waals surface area contributed by atoms with Crippen LogP contribution in [0.3, 0.4) is 0 Å². The molecular formula is C18H20N2O3S. The minimum Gasteiger partial charge on any atom is -0.325 e. The number of rotatable bonds is 4. The molecule has 5 nitrogen and oxygen atoms in total. The molecule has 1 unspecified atom stereocenters. The van der Waals surface area contributed by atoms with Crippen LogP contribution in [0.2, 0.25) is 0 Å². The third kappa shape index (κ3) is 3.01. The summed E-state index contributed by atoms with van der Waals surface area (Å²) < 4.78 is 27.6. The molecule has 126 valence electrons. The number of carbonyl (C=O) groups is 1. The van der Waals surface area contributed by atoms with Crippen LogP contribution in [0.25, 0.3) is 0 Å². The van der Waals surface area contributed by atoms with Crippen molar-refractivity contribution in [3.8, 4) is 0 Å². The fraction of sp³-hybridized carbons (Fsp3) is 0.278. The lowest BCUT2D eigenvalue weighted by molar-refractivity contribution is -0.117. The largest absolute Gasteiger partial charge is 0.325 e. The number of hydrogen-bond donors (Lipinski definition) is 2. The highest BCUT2D eigenvalue weighted by molar-refractivity contribution is 7.92. The number of anilines is 2. The summed E-state index contributed by atoms with van der Waals surface area (Å²) in [6.07, 6.45) is 0. The first-order chi connectivity index (χ1) is 11.3. The maximum Gasteiger partial charge on any atom is 0.261 e. The van der Waals surface area contributed by atoms with Crippen LogP contribution in [-0.2, 0) is 14.8 Å². The fourth-order valence-corrected chi connectivity index (χ4v) is 3.99. The summed E-state index contributed by atoms with van der Waals surface area (Å²) in [4.78, 5) is 12.3. The van der Waals surface area contributed by atoms with Crippen molar-refractivity contribution in [1.29, 1.82) is 0 Å². The first kappa shape index (κ1) is 16.5. The third-order valence-electron chi connectivity index (χ3n) is 4.18. The van der Waals surface area contributed by atoms with Gasteiger partial charge < -0.3 is 5.32 Å². The molecule has 2 aromatic rings. The average molecular weight is 344 g/mol. The minimum absolute atomic E-state index is 0.0430. The van der Waals surface area contributed by atoms with E-state index in [1.165, 1.54) is 0 Å². The summed E-state index contributed by atoms with van der Waals surface area (Å²) in [5.74, 6) is -0.169. The molecule has 6 heteroatoms. The molecule has 0 saturated heterocycles. The Morgan fingerprint density at radius 1 is 1.08 bits per heavy atom. The number of amides is 1. The summed E-state index contributed by atoms with van der Waals surface area (Å²) in [6, 6.07) is 11.8. The van der Waals surface area contributed by atoms with Gasteiger partial charge in [-0.2, -0.15) is 0 Å². The van der Waals surface area contributed by atoms with E-state index in [-0.39, 0.29) is 22.6 Å². The van der Waals surface area contributed by atoms with Crippen molar-refractivity contribution in [2.24, 2.45) is 5.92 Å². The summed E-state index contributed by atoms with van der Waals surface area (Å²) in [5, 5.41) is 2.84. The molecule has 1 amide bonds. The molecule has 0 saturated carbocycles. The lowest BCUT2D eigenvalue weighted by Crippen LogP contribution is -2.17. The van der Waals surface area contributed by atoms with E-state index in [4.69, 9.17) is 0 Å². The molecule has 1 atom stereocenters. The van der Waals surface area contributed by atoms with Gasteiger partial charge in [0.05, 0.1) is 10.8 Å². The van der Waals surface area contributed by atoms with Gasteiger partial charge in [0.15, 0.2) is 0 Å². The van der Waals surface area contributed by atoms with E-state index in [0.29, 0.717) is 5.69 Å². The number of hydrogen-bond acceptors (Lipinski definition) is 3. The van der Waals surface area contributed by atoms with Crippen LogP contribution in [0.15, 0.2) is 47.4 Å². The van der Waals surface area contributed by atoms with Crippen LogP contribution < -0.4 is 10.0 Å². The Kier molecular flexibility index (Phi) is 4.09. The van der Waals surface area contributed by atoms with Crippen LogP contribution in [-0.4, -0.2) is 14.3 Å². The Bertz CT molecular complexity index is 887. The van der Waals surface area contributed by atoms with Crippen LogP contribution in [0.1, 0.15) is 30.9 Å². The van der Waals surface area contributed by atoms with E-state index in [1.807, 2.05) is 20.8 Å². The van der Waals surface area contributed by atoms with Crippen molar-refractivity contribution >= 4 is 27.3 Å². The zero-order chi connectivity index (χ0) is 17.5. The molecule has 1 heterocycles. The van der Waals surface area contributed by atoms with Crippen molar-refractivity contribution in [3.05, 3.63) is 53.6 Å². The van der Waals surface area contributed by atoms with Crippen LogP contribution in [0, 0.1) is 12.8 Å². The van der Waals surface area contributed by atoms with Crippen molar-refractivity contribution in [1.82, 2.24) is 0 Å². The molecule has 0 bridgehead atoms. The topological polar surface area (TPSA) is 75.3 Å². The van der Waals surface area contributed by atoms with Crippen molar-refractivity contribution in [2.75, 3.05) is 10.0 Å². The Hall–Kier alpha value is -2.34. The summed E-state index contributed by atoms with van der Waals surface area (Å²) in [7, 11) is -3.65. The third-order valence-corrected chi connectivity index (χ3v) is 5.57. The highest BCUT2D eigenvalue weighted by Crippen LogP contribution is 2.38. The SMILES string of the molecule is Cc1ccc(S(=O)(=O)Nc2ccc3c(c2)C(C(C)C)C(=O)N3)cc1. The molecule has 0 aromatic heterocycles. The van der Waals surface area contributed by atoms with E-state index < -0.39 is 10.0 Å². The molecule has 3 rings (SSSR count). The smallest absolute Gasteiger partial charge is 0.261 e. The van der Waals surface area contributed by atoms with Crippen molar-refractivity contribution < 1.29 is 13.2 Å². The van der Waals surface area contributed by atoms with Gasteiger partial charge in [-0.05, 0) is 48.7 Å². The number of carbonyl (C=O) groups excluding carboxylic acids is 1. The number of sulfonamides is 1. The monoisotopic (exact) mass is 344 g/mol. The maximum absolute atomic E-state index is 12.5. The highest BCUT2D eigenvalue weighted by atomic mass is 32.2. The molecule has 0 aliphatic carbocycles. The van der Waals surface area contributed by atoms with Gasteiger partial charge in [0.25, 0.3) is 10.0 Å². The second-order valence-electron chi connectivity index (χ2n) is 6.43. The van der Waals surface area contributed by atoms with Gasteiger partial charge in [-0.3, -0.25) is 9.52 Å². The highest BCUT2D eigenvalue weighted by Gasteiger charge is 2.33. The Labute approximate surface area is 142 Å². The molecular weight excluding hydrogens is 324 g/mol. The first-order valence-electron chi connectivity index (χ1n) is 7.82. The zero-order valence-corrected chi connectivity index (χ0v) is 14.6. The Morgan fingerprint density at radius 3 is 2.38 bits per heavy atom. The quantitative estimate of drug-likeness (QED) is 0.891. The van der Waals surface area contributed by atoms with Gasteiger partial charge >= 0.3 is 0 Å². The van der Waals surface area contributed by atoms with Gasteiger partial charge in [-0.25, -0.2) is 8.42 Å². The van der Waals surface area contributed by atoms with E-state index >= 15 is 0 Å². The second-order valence-corrected chi connectivity index (χ2v) is 8.11. The lowest BCUT2D eigenvalue weighted by atomic mass is 9.89. The Balaban J connectivity index is 1.92. The van der Waals surface area contributed by atoms with E-state index in [1.54, 1.807) is 42.5 Å². The molecule has 0 spiro atoms. The summed E-state index contributed by atoms with van der Waals surface area (Å²) >= 11 is 0. The van der Waals surface area contributed by atoms with Crippen LogP contribution in [0.4, 0.5) is 11.4 Å². The second kappa shape index (κ2) is 5.94. The minimum atomic E-state index is -3.65. The molecule has 24 heavy (non-hydrogen) atoms. The standard InChI is InChI=1S/C18H20N2O3S/c1-11(2)17-15-10-13(6-9-16(15)19-18(17)21)20-24(22,23)14-7-4-12(3)5-8-14/h4-11,17,20H,1-3H3,(H,19,21). The number of benzene rings is 2. The Morgan fingerprint density at radius 2 is 1.75 bits per heavy atom. The van der Waals surface area contributed by atoms with Gasteiger partial charge in [-0.1, -0.05) is 31.5 Å². The van der Waals surface area contributed by atoms with E-state index in [9.17, 15) is 13.2 Å². The normalized spacial score (nSPS) is 16.8. The molecule has 2 aromatic carbocycles. The lowest BCUT2D eigenvalue weighted by Gasteiger charge is -2.14. The van der Waals surface area contributed by atoms with E-state index in [0.717, 1.165) is 16.8 Å². The molecule has 0 fully saturated rings. The summed E-state index contributed by atoms with van der Waals surface area (Å²) in [6.45, 7) is 5.85. The predicted octanol–water partition coefficient (Wildman–Crippen LogP) is 3.49. The van der Waals surface area contributed by atoms with Crippen LogP contribution >= 0.6 is 0 Å². The molecule has 2 N–H and O–H groups in total. The molecule has 1 aliphatic rings. The fourth-order valence-electron chi connectivity index (χ4n) is 2.94. The van der Waals surface area contributed by atoms with Gasteiger partial charge in [-0.15, -0.1) is 0 Å². The molecule has 0 radical (unpaired) electrons. The van der Waals surface area contributed by atoms with Gasteiger partial charge in [0.2, 0.25) is 5.91 Å². The number of nitrogens with one attached hydrogen (secondary N) is 2. The van der Waals surface area contributed by atoms with E-state index in [2.05, 4.69) is 10.0 Å². The average Bonchev–Trinajstić information content (AvgIpc) is 2.82. The van der Waals surface area contributed by atoms with Crippen molar-refractivity contribution in [3.63, 3.8) is 0 Å². The van der Waals surface area contributed by atoms with Gasteiger partial charge in [0, 0.05) is 11.4 Å². The number of fused-ring (bicyclic) bond motifs is 1. The zero-order valence-electron chi connectivity index (χ0n) is 13.8. The predicted molar refractivity (Wildman–Crippen MR) is 94.6 cm³/mol. The van der Waals surface area contributed by atoms with Crippen molar-refractivity contribution in [2.45, 2.75) is 31.6 Å². The first-order valence-corrected chi connectivity index (χ1v) is 9.30. The molecule has 1 aliphatic heterocycles. The van der Waals surface area contributed by atoms with Crippen LogP contribution in [0.5, 0.6) is 0 Å². The van der Waals surface area contributed by atoms with Gasteiger partial charge in [0.1, 0.15) is 0 Å². The summed E-state index contributed by atoms with van der Waals surface area (Å²) in [5.41, 5.74) is 3.03. The maximum atomic E-state index is 12.5. The number of aryl methyl sites for hydroxylation is 1.